The molecule has 0 aliphatic carbocycles. The van der Waals surface area contributed by atoms with Gasteiger partial charge in [-0.3, -0.25) is 9.59 Å². The zero-order valence-electron chi connectivity index (χ0n) is 15.7. The maximum absolute atomic E-state index is 12.9. The van der Waals surface area contributed by atoms with Crippen LogP contribution in [0, 0.1) is 12.8 Å². The van der Waals surface area contributed by atoms with E-state index in [4.69, 9.17) is 4.42 Å². The average molecular weight is 365 g/mol. The van der Waals surface area contributed by atoms with Crippen molar-refractivity contribution in [3.05, 3.63) is 60.0 Å². The van der Waals surface area contributed by atoms with Crippen molar-refractivity contribution in [2.75, 3.05) is 5.32 Å². The maximum Gasteiger partial charge on any atom is 0.251 e. The summed E-state index contributed by atoms with van der Waals surface area (Å²) in [6, 6.07) is 13.5. The van der Waals surface area contributed by atoms with Crippen molar-refractivity contribution < 1.29 is 14.0 Å². The van der Waals surface area contributed by atoms with Crippen molar-refractivity contribution >= 4 is 28.6 Å². The Morgan fingerprint density at radius 3 is 2.59 bits per heavy atom. The summed E-state index contributed by atoms with van der Waals surface area (Å²) in [4.78, 5) is 29.6. The zero-order valence-corrected chi connectivity index (χ0v) is 15.7. The fraction of sp³-hybridized carbons (Fsp3) is 0.286. The van der Waals surface area contributed by atoms with Gasteiger partial charge in [-0.1, -0.05) is 38.5 Å². The van der Waals surface area contributed by atoms with Gasteiger partial charge in [-0.25, -0.2) is 4.98 Å². The molecule has 0 aliphatic rings. The lowest BCUT2D eigenvalue weighted by Gasteiger charge is -2.23. The number of hydrogen-bond donors (Lipinski definition) is 2. The molecule has 1 heterocycles. The Bertz CT molecular complexity index is 950. The normalized spacial score (nSPS) is 13.1. The molecule has 0 unspecified atom stereocenters. The van der Waals surface area contributed by atoms with Gasteiger partial charge in [0.2, 0.25) is 5.91 Å². The number of anilines is 1. The number of nitrogens with zero attached hydrogens (tertiary/aromatic N) is 1. The molecule has 2 amide bonds. The smallest absolute Gasteiger partial charge is 0.251 e. The number of aryl methyl sites for hydroxylation is 1. The second-order valence-electron chi connectivity index (χ2n) is 6.61. The number of amides is 2. The van der Waals surface area contributed by atoms with E-state index in [0.29, 0.717) is 28.2 Å². The molecule has 0 aliphatic heterocycles. The summed E-state index contributed by atoms with van der Waals surface area (Å²) in [5.74, 6) is 0.0311. The third kappa shape index (κ3) is 4.34. The van der Waals surface area contributed by atoms with Gasteiger partial charge in [0.15, 0.2) is 11.5 Å². The van der Waals surface area contributed by atoms with Crippen LogP contribution in [0.4, 0.5) is 5.69 Å². The van der Waals surface area contributed by atoms with Crippen LogP contribution in [0.3, 0.4) is 0 Å². The molecule has 3 rings (SSSR count). The average Bonchev–Trinajstić information content (AvgIpc) is 3.05. The minimum atomic E-state index is -0.641. The molecule has 0 radical (unpaired) electrons. The molecular formula is C21H23N3O3. The van der Waals surface area contributed by atoms with Crippen LogP contribution in [-0.2, 0) is 4.79 Å². The van der Waals surface area contributed by atoms with Gasteiger partial charge in [0.05, 0.1) is 0 Å². The van der Waals surface area contributed by atoms with Crippen molar-refractivity contribution in [2.45, 2.75) is 33.2 Å². The first kappa shape index (κ1) is 18.6. The zero-order chi connectivity index (χ0) is 19.4. The summed E-state index contributed by atoms with van der Waals surface area (Å²) >= 11 is 0. The first-order valence-electron chi connectivity index (χ1n) is 9.02. The fourth-order valence-corrected chi connectivity index (χ4v) is 2.86. The number of nitrogens with one attached hydrogen (secondary N) is 2. The Morgan fingerprint density at radius 2 is 1.89 bits per heavy atom. The third-order valence-corrected chi connectivity index (χ3v) is 4.58. The summed E-state index contributed by atoms with van der Waals surface area (Å²) < 4.78 is 5.45. The monoisotopic (exact) mass is 365 g/mol. The molecule has 0 saturated carbocycles. The van der Waals surface area contributed by atoms with Gasteiger partial charge in [-0.15, -0.1) is 0 Å². The number of carbonyl (C=O) groups excluding carboxylic acids is 2. The fourth-order valence-electron chi connectivity index (χ4n) is 2.86. The molecule has 1 aromatic heterocycles. The highest BCUT2D eigenvalue weighted by Crippen LogP contribution is 2.20. The van der Waals surface area contributed by atoms with E-state index in [1.54, 1.807) is 49.4 Å². The largest absolute Gasteiger partial charge is 0.441 e. The van der Waals surface area contributed by atoms with E-state index in [0.717, 1.165) is 6.42 Å². The van der Waals surface area contributed by atoms with Crippen LogP contribution < -0.4 is 10.6 Å². The highest BCUT2D eigenvalue weighted by Gasteiger charge is 2.26. The molecule has 27 heavy (non-hydrogen) atoms. The molecule has 2 aromatic carbocycles. The Kier molecular flexibility index (Phi) is 5.54. The van der Waals surface area contributed by atoms with E-state index in [1.807, 2.05) is 19.9 Å². The van der Waals surface area contributed by atoms with Gasteiger partial charge in [0.1, 0.15) is 11.6 Å². The van der Waals surface area contributed by atoms with Crippen LogP contribution in [-0.4, -0.2) is 22.8 Å². The van der Waals surface area contributed by atoms with Crippen LogP contribution in [0.5, 0.6) is 0 Å². The quantitative estimate of drug-likeness (QED) is 0.693. The van der Waals surface area contributed by atoms with E-state index in [2.05, 4.69) is 15.6 Å². The Balaban J connectivity index is 1.77. The molecular weight excluding hydrogens is 342 g/mol. The van der Waals surface area contributed by atoms with Gasteiger partial charge in [-0.2, -0.15) is 0 Å². The summed E-state index contributed by atoms with van der Waals surface area (Å²) in [5, 5.41) is 5.74. The van der Waals surface area contributed by atoms with Crippen LogP contribution in [0.15, 0.2) is 52.9 Å². The van der Waals surface area contributed by atoms with Crippen molar-refractivity contribution in [1.82, 2.24) is 10.3 Å². The van der Waals surface area contributed by atoms with E-state index in [1.165, 1.54) is 0 Å². The lowest BCUT2D eigenvalue weighted by atomic mass is 9.97. The topological polar surface area (TPSA) is 84.2 Å². The van der Waals surface area contributed by atoms with Crippen LogP contribution in [0.25, 0.3) is 11.1 Å². The summed E-state index contributed by atoms with van der Waals surface area (Å²) in [6.45, 7) is 5.71. The number of benzene rings is 2. The predicted octanol–water partition coefficient (Wildman–Crippen LogP) is 3.92. The van der Waals surface area contributed by atoms with Gasteiger partial charge in [-0.05, 0) is 36.2 Å². The number of rotatable bonds is 6. The molecule has 0 saturated heterocycles. The number of carbonyl (C=O) groups is 2. The van der Waals surface area contributed by atoms with Gasteiger partial charge in [0, 0.05) is 18.2 Å². The standard InChI is InChI=1S/C21H23N3O3/c1-4-13(2)19(24-20(25)15-8-6-5-7-9-15)21(26)23-16-10-11-18-17(12-16)22-14(3)27-18/h5-13,19H,4H2,1-3H3,(H,23,26)(H,24,25)/t13-,19-/m0/s1. The molecule has 6 nitrogen and oxygen atoms in total. The third-order valence-electron chi connectivity index (χ3n) is 4.58. The van der Waals surface area contributed by atoms with Crippen molar-refractivity contribution in [3.8, 4) is 0 Å². The Labute approximate surface area is 158 Å². The summed E-state index contributed by atoms with van der Waals surface area (Å²) in [7, 11) is 0. The van der Waals surface area contributed by atoms with Crippen LogP contribution >= 0.6 is 0 Å². The molecule has 140 valence electrons. The molecule has 3 aromatic rings. The van der Waals surface area contributed by atoms with E-state index in [9.17, 15) is 9.59 Å². The number of hydrogen-bond acceptors (Lipinski definition) is 4. The molecule has 0 fully saturated rings. The first-order valence-corrected chi connectivity index (χ1v) is 9.02. The number of fused-ring (bicyclic) bond motifs is 1. The Morgan fingerprint density at radius 1 is 1.15 bits per heavy atom. The maximum atomic E-state index is 12.9. The lowest BCUT2D eigenvalue weighted by molar-refractivity contribution is -0.119. The molecule has 6 heteroatoms. The summed E-state index contributed by atoms with van der Waals surface area (Å²) in [6.07, 6.45) is 0.759. The second kappa shape index (κ2) is 8.03. The second-order valence-corrected chi connectivity index (χ2v) is 6.61. The van der Waals surface area contributed by atoms with Gasteiger partial charge in [0.25, 0.3) is 5.91 Å². The molecule has 2 atom stereocenters. The van der Waals surface area contributed by atoms with Crippen molar-refractivity contribution in [1.29, 1.82) is 0 Å². The Hall–Kier alpha value is -3.15. The summed E-state index contributed by atoms with van der Waals surface area (Å²) in [5.41, 5.74) is 2.49. The highest BCUT2D eigenvalue weighted by atomic mass is 16.3. The van der Waals surface area contributed by atoms with Crippen molar-refractivity contribution in [3.63, 3.8) is 0 Å². The van der Waals surface area contributed by atoms with Gasteiger partial charge < -0.3 is 15.1 Å². The van der Waals surface area contributed by atoms with Gasteiger partial charge >= 0.3 is 0 Å². The van der Waals surface area contributed by atoms with E-state index >= 15 is 0 Å². The predicted molar refractivity (Wildman–Crippen MR) is 105 cm³/mol. The molecule has 0 bridgehead atoms. The van der Waals surface area contributed by atoms with Crippen LogP contribution in [0.1, 0.15) is 36.5 Å². The van der Waals surface area contributed by atoms with E-state index in [-0.39, 0.29) is 17.7 Å². The lowest BCUT2D eigenvalue weighted by Crippen LogP contribution is -2.47. The van der Waals surface area contributed by atoms with E-state index < -0.39 is 6.04 Å². The highest BCUT2D eigenvalue weighted by molar-refractivity contribution is 6.01. The number of oxazole rings is 1. The van der Waals surface area contributed by atoms with Crippen molar-refractivity contribution in [2.24, 2.45) is 5.92 Å². The SMILES string of the molecule is CC[C@H](C)[C@H](NC(=O)c1ccccc1)C(=O)Nc1ccc2oc(C)nc2c1. The minimum Gasteiger partial charge on any atom is -0.441 e. The minimum absolute atomic E-state index is 0.0179. The van der Waals surface area contributed by atoms with Crippen LogP contribution in [0.2, 0.25) is 0 Å². The number of aromatic nitrogens is 1. The molecule has 0 spiro atoms. The first-order chi connectivity index (χ1) is 13.0. The molecule has 2 N–H and O–H groups in total.